The average molecular weight is 659 g/mol. The molecule has 2 unspecified atom stereocenters. The number of hydrogen-bond acceptors (Lipinski definition) is 14. The van der Waals surface area contributed by atoms with Crippen LogP contribution in [0.3, 0.4) is 0 Å². The number of rotatable bonds is 5. The summed E-state index contributed by atoms with van der Waals surface area (Å²) < 4.78 is 48.7. The molecule has 1 spiro atoms. The van der Waals surface area contributed by atoms with E-state index in [0.717, 1.165) is 0 Å². The van der Waals surface area contributed by atoms with Gasteiger partial charge in [-0.2, -0.15) is 0 Å². The van der Waals surface area contributed by atoms with E-state index in [1.807, 2.05) is 0 Å². The first-order valence-corrected chi connectivity index (χ1v) is 15.7. The Morgan fingerprint density at radius 1 is 1.04 bits per heavy atom. The third kappa shape index (κ3) is 2.99. The molecule has 1 aromatic rings. The molecule has 0 aromatic carbocycles. The van der Waals surface area contributed by atoms with Crippen molar-refractivity contribution < 1.29 is 67.0 Å². The van der Waals surface area contributed by atoms with E-state index < -0.39 is 98.8 Å². The van der Waals surface area contributed by atoms with Crippen molar-refractivity contribution in [3.05, 3.63) is 35.8 Å². The van der Waals surface area contributed by atoms with Crippen LogP contribution < -0.4 is 0 Å². The first kappa shape index (κ1) is 31.0. The van der Waals surface area contributed by atoms with Crippen LogP contribution in [0.1, 0.15) is 72.5 Å². The second-order valence-electron chi connectivity index (χ2n) is 15.0. The molecule has 47 heavy (non-hydrogen) atoms. The van der Waals surface area contributed by atoms with Gasteiger partial charge in [0.2, 0.25) is 0 Å². The standard InChI is InChI=1S/C33H38O14/c1-15(34)42-20-12-31-28(5)18(10-21(36)40-7)26(3)14-30(28,38)32(39,24(26)43-16(2)35)25-33(31,47-29(6,45-25)46-31)19-11-22(37)44-23(27(19,20)4)17-8-9-41-13-17/h8-9,11,13,18,20,23-25,38-39H,10,12,14H2,1-7H3/t18-,20-,23-,24-,25+,26+,27-,28-,29?,30?,31-,32+,33+/m1/s1. The minimum absolute atomic E-state index is 0.112. The smallest absolute Gasteiger partial charge is 0.331 e. The Morgan fingerprint density at radius 3 is 2.36 bits per heavy atom. The lowest BCUT2D eigenvalue weighted by Crippen LogP contribution is -2.93. The summed E-state index contributed by atoms with van der Waals surface area (Å²) in [4.78, 5) is 52.3. The maximum atomic E-state index is 13.6. The number of methoxy groups -OCH3 is 1. The van der Waals surface area contributed by atoms with Gasteiger partial charge in [0.15, 0.2) is 11.2 Å². The zero-order chi connectivity index (χ0) is 34.0. The fourth-order valence-corrected chi connectivity index (χ4v) is 11.7. The normalized spacial score (nSPS) is 52.7. The van der Waals surface area contributed by atoms with Gasteiger partial charge in [0.1, 0.15) is 35.6 Å². The highest BCUT2D eigenvalue weighted by Crippen LogP contribution is 2.88. The van der Waals surface area contributed by atoms with Crippen molar-refractivity contribution in [2.75, 3.05) is 7.11 Å². The Labute approximate surface area is 269 Å². The number of fused-ring (bicyclic) bond motifs is 4. The van der Waals surface area contributed by atoms with Crippen LogP contribution >= 0.6 is 0 Å². The Morgan fingerprint density at radius 2 is 1.74 bits per heavy atom. The van der Waals surface area contributed by atoms with Gasteiger partial charge in [-0.05, 0) is 30.9 Å². The van der Waals surface area contributed by atoms with Gasteiger partial charge in [-0.25, -0.2) is 4.79 Å². The van der Waals surface area contributed by atoms with Gasteiger partial charge in [-0.3, -0.25) is 14.4 Å². The van der Waals surface area contributed by atoms with E-state index in [2.05, 4.69) is 0 Å². The zero-order valence-electron chi connectivity index (χ0n) is 27.1. The quantitative estimate of drug-likeness (QED) is 0.344. The maximum Gasteiger partial charge on any atom is 0.331 e. The molecule has 2 N–H and O–H groups in total. The van der Waals surface area contributed by atoms with Crippen LogP contribution in [-0.4, -0.2) is 87.9 Å². The largest absolute Gasteiger partial charge is 0.472 e. The number of furan rings is 1. The highest BCUT2D eigenvalue weighted by Gasteiger charge is 3.02. The highest BCUT2D eigenvalue weighted by molar-refractivity contribution is 5.86. The molecule has 0 amide bonds. The van der Waals surface area contributed by atoms with E-state index >= 15 is 0 Å². The molecule has 14 heteroatoms. The van der Waals surface area contributed by atoms with Crippen LogP contribution in [0.5, 0.6) is 0 Å². The molecule has 4 aliphatic carbocycles. The second kappa shape index (κ2) is 8.64. The lowest BCUT2D eigenvalue weighted by Gasteiger charge is -2.76. The fourth-order valence-electron chi connectivity index (χ4n) is 11.7. The summed E-state index contributed by atoms with van der Waals surface area (Å²) in [6.07, 6.45) is -1.37. The predicted molar refractivity (Wildman–Crippen MR) is 151 cm³/mol. The number of hydrogen-bond donors (Lipinski definition) is 2. The molecule has 7 aliphatic rings. The van der Waals surface area contributed by atoms with E-state index in [-0.39, 0.29) is 24.8 Å². The Hall–Kier alpha value is -3.30. The van der Waals surface area contributed by atoms with E-state index in [9.17, 15) is 29.4 Å². The van der Waals surface area contributed by atoms with Crippen molar-refractivity contribution in [2.24, 2.45) is 22.2 Å². The molecule has 8 rings (SSSR count). The monoisotopic (exact) mass is 658 g/mol. The average Bonchev–Trinajstić information content (AvgIpc) is 3.74. The van der Waals surface area contributed by atoms with Gasteiger partial charge in [-0.15, -0.1) is 0 Å². The van der Waals surface area contributed by atoms with Crippen molar-refractivity contribution in [1.82, 2.24) is 0 Å². The lowest BCUT2D eigenvalue weighted by atomic mass is 9.34. The maximum absolute atomic E-state index is 13.6. The van der Waals surface area contributed by atoms with Gasteiger partial charge < -0.3 is 47.8 Å². The molecule has 4 saturated carbocycles. The number of carbonyl (C=O) groups excluding carboxylic acids is 4. The van der Waals surface area contributed by atoms with Gasteiger partial charge in [-0.1, -0.05) is 13.8 Å². The van der Waals surface area contributed by atoms with Gasteiger partial charge in [0, 0.05) is 56.1 Å². The fraction of sp³-hybridized carbons (Fsp3) is 0.697. The van der Waals surface area contributed by atoms with Crippen molar-refractivity contribution in [2.45, 2.75) is 114 Å². The summed E-state index contributed by atoms with van der Waals surface area (Å²) in [6.45, 7) is 9.21. The van der Waals surface area contributed by atoms with E-state index in [0.29, 0.717) is 5.56 Å². The molecule has 4 bridgehead atoms. The SMILES string of the molecule is COC(=O)C[C@@H]1[C@]2(C)CC3(O)[C@](O)([C@@H]2OC(C)=O)[C@@H]2OC4(C)O[C@]5(C[C@@H](OC(C)=O)[C@@]6(C)C(=CC(=O)O[C@@H]6c6ccoc6)[C@]25O4)[C@]13C. The molecule has 2 saturated heterocycles. The molecule has 6 fully saturated rings. The molecule has 0 radical (unpaired) electrons. The Balaban J connectivity index is 1.47. The van der Waals surface area contributed by atoms with E-state index in [4.69, 9.17) is 37.6 Å². The first-order chi connectivity index (χ1) is 21.8. The summed E-state index contributed by atoms with van der Waals surface area (Å²) in [7, 11) is 1.24. The highest BCUT2D eigenvalue weighted by atomic mass is 16.9. The van der Waals surface area contributed by atoms with Gasteiger partial charge in [0.25, 0.3) is 5.97 Å². The number of aliphatic hydroxyl groups is 2. The van der Waals surface area contributed by atoms with Gasteiger partial charge in [0.05, 0.1) is 25.1 Å². The number of esters is 4. The Kier molecular flexibility index (Phi) is 5.70. The summed E-state index contributed by atoms with van der Waals surface area (Å²) in [5.74, 6) is -5.40. The van der Waals surface area contributed by atoms with Gasteiger partial charge >= 0.3 is 23.9 Å². The summed E-state index contributed by atoms with van der Waals surface area (Å²) in [6, 6.07) is 1.63. The molecular formula is C33H38O14. The van der Waals surface area contributed by atoms with Crippen molar-refractivity contribution in [3.8, 4) is 0 Å². The van der Waals surface area contributed by atoms with E-state index in [1.165, 1.54) is 46.5 Å². The molecule has 13 atom stereocenters. The molecule has 1 aromatic heterocycles. The minimum atomic E-state index is -2.34. The van der Waals surface area contributed by atoms with Crippen LogP contribution in [0.4, 0.5) is 0 Å². The molecule has 254 valence electrons. The van der Waals surface area contributed by atoms with Crippen LogP contribution in [0.15, 0.2) is 34.7 Å². The van der Waals surface area contributed by atoms with Crippen LogP contribution in [0.2, 0.25) is 0 Å². The summed E-state index contributed by atoms with van der Waals surface area (Å²) >= 11 is 0. The van der Waals surface area contributed by atoms with Crippen molar-refractivity contribution in [1.29, 1.82) is 0 Å². The Bertz CT molecular complexity index is 1670. The van der Waals surface area contributed by atoms with Crippen LogP contribution in [0, 0.1) is 22.2 Å². The molecule has 4 heterocycles. The number of ether oxygens (including phenoxy) is 7. The van der Waals surface area contributed by atoms with E-state index in [1.54, 1.807) is 26.8 Å². The zero-order valence-corrected chi connectivity index (χ0v) is 27.1. The summed E-state index contributed by atoms with van der Waals surface area (Å²) in [5, 5.41) is 26.4. The first-order valence-electron chi connectivity index (χ1n) is 15.7. The summed E-state index contributed by atoms with van der Waals surface area (Å²) in [5.41, 5.74) is -11.5. The number of cyclic esters (lactones) is 1. The van der Waals surface area contributed by atoms with Crippen LogP contribution in [0.25, 0.3) is 0 Å². The third-order valence-corrected chi connectivity index (χ3v) is 13.1. The second-order valence-corrected chi connectivity index (χ2v) is 15.0. The van der Waals surface area contributed by atoms with Crippen molar-refractivity contribution in [3.63, 3.8) is 0 Å². The molecular weight excluding hydrogens is 620 g/mol. The molecule has 3 aliphatic heterocycles. The molecule has 14 nitrogen and oxygen atoms in total. The topological polar surface area (TPSA) is 186 Å². The lowest BCUT2D eigenvalue weighted by molar-refractivity contribution is -0.446. The number of carbonyl (C=O) groups is 4. The van der Waals surface area contributed by atoms with Crippen molar-refractivity contribution >= 4 is 23.9 Å². The van der Waals surface area contributed by atoms with Crippen LogP contribution in [-0.2, 0) is 52.3 Å². The minimum Gasteiger partial charge on any atom is -0.472 e. The predicted octanol–water partition coefficient (Wildman–Crippen LogP) is 1.76. The third-order valence-electron chi connectivity index (χ3n) is 13.1.